The highest BCUT2D eigenvalue weighted by Gasteiger charge is 2.63. The van der Waals surface area contributed by atoms with Crippen LogP contribution in [0, 0.1) is 0 Å². The van der Waals surface area contributed by atoms with E-state index in [-0.39, 0.29) is 15.4 Å². The van der Waals surface area contributed by atoms with Crippen molar-refractivity contribution in [1.29, 1.82) is 0 Å². The third-order valence-corrected chi connectivity index (χ3v) is 11.4. The Morgan fingerprint density at radius 2 is 1.29 bits per heavy atom. The Bertz CT molecular complexity index is 1280. The van der Waals surface area contributed by atoms with E-state index in [0.29, 0.717) is 10.6 Å². The summed E-state index contributed by atoms with van der Waals surface area (Å²) in [6.07, 6.45) is -0.747. The summed E-state index contributed by atoms with van der Waals surface area (Å²) in [5.74, 6) is 0. The SMILES string of the molecule is O=S(=O)(c1ccccc1)C1(S(=O)(=O)c2ccccc2)CC=C(c2cccc(Cl)c2)C1O. The molecule has 0 aliphatic heterocycles. The number of allylic oxidation sites excluding steroid dienone is 1. The van der Waals surface area contributed by atoms with Crippen LogP contribution in [-0.4, -0.2) is 32.1 Å². The highest BCUT2D eigenvalue weighted by Crippen LogP contribution is 2.49. The minimum absolute atomic E-state index is 0.172. The van der Waals surface area contributed by atoms with E-state index in [4.69, 9.17) is 11.6 Å². The van der Waals surface area contributed by atoms with Crippen molar-refractivity contribution in [1.82, 2.24) is 0 Å². The number of aliphatic hydroxyl groups is 1. The van der Waals surface area contributed by atoms with Crippen molar-refractivity contribution < 1.29 is 21.9 Å². The van der Waals surface area contributed by atoms with E-state index >= 15 is 0 Å². The Morgan fingerprint density at radius 1 is 0.774 bits per heavy atom. The summed E-state index contributed by atoms with van der Waals surface area (Å²) in [5.41, 5.74) is 0.676. The fraction of sp³-hybridized carbons (Fsp3) is 0.130. The minimum atomic E-state index is -4.53. The molecule has 3 aromatic carbocycles. The Hall–Kier alpha value is -2.45. The monoisotopic (exact) mass is 474 g/mol. The number of aliphatic hydroxyl groups excluding tert-OH is 1. The van der Waals surface area contributed by atoms with Gasteiger partial charge in [0.05, 0.1) is 9.79 Å². The predicted molar refractivity (Wildman–Crippen MR) is 120 cm³/mol. The lowest BCUT2D eigenvalue weighted by atomic mass is 10.0. The van der Waals surface area contributed by atoms with Crippen molar-refractivity contribution >= 4 is 36.8 Å². The number of sulfone groups is 2. The summed E-state index contributed by atoms with van der Waals surface area (Å²) in [5, 5.41) is 11.8. The van der Waals surface area contributed by atoms with Gasteiger partial charge in [0.15, 0.2) is 0 Å². The molecule has 0 saturated heterocycles. The number of halogens is 1. The van der Waals surface area contributed by atoms with Crippen molar-refractivity contribution in [3.8, 4) is 0 Å². The van der Waals surface area contributed by atoms with E-state index in [1.807, 2.05) is 0 Å². The Labute approximate surface area is 186 Å². The molecule has 0 saturated carbocycles. The molecule has 0 spiro atoms. The van der Waals surface area contributed by atoms with Crippen molar-refractivity contribution in [2.75, 3.05) is 0 Å². The van der Waals surface area contributed by atoms with E-state index in [1.54, 1.807) is 36.4 Å². The molecule has 0 heterocycles. The zero-order valence-electron chi connectivity index (χ0n) is 16.2. The first-order valence-electron chi connectivity index (χ1n) is 9.45. The summed E-state index contributed by atoms with van der Waals surface area (Å²) < 4.78 is 52.8. The first kappa shape index (κ1) is 21.8. The van der Waals surface area contributed by atoms with Gasteiger partial charge in [0, 0.05) is 11.4 Å². The summed E-state index contributed by atoms with van der Waals surface area (Å²) in [4.78, 5) is -0.344. The van der Waals surface area contributed by atoms with Gasteiger partial charge in [-0.3, -0.25) is 0 Å². The summed E-state index contributed by atoms with van der Waals surface area (Å²) in [7, 11) is -9.06. The average Bonchev–Trinajstić information content (AvgIpc) is 3.14. The number of rotatable bonds is 5. The molecule has 0 radical (unpaired) electrons. The highest BCUT2D eigenvalue weighted by molar-refractivity contribution is 8.10. The van der Waals surface area contributed by atoms with Crippen LogP contribution in [0.4, 0.5) is 0 Å². The highest BCUT2D eigenvalue weighted by atomic mass is 35.5. The predicted octanol–water partition coefficient (Wildman–Crippen LogP) is 4.13. The molecule has 1 atom stereocenters. The van der Waals surface area contributed by atoms with E-state index in [1.165, 1.54) is 54.6 Å². The van der Waals surface area contributed by atoms with Crippen LogP contribution in [0.2, 0.25) is 5.02 Å². The van der Waals surface area contributed by atoms with E-state index in [2.05, 4.69) is 0 Å². The zero-order valence-corrected chi connectivity index (χ0v) is 18.6. The van der Waals surface area contributed by atoms with Gasteiger partial charge in [-0.2, -0.15) is 0 Å². The fourth-order valence-electron chi connectivity index (χ4n) is 3.91. The molecule has 1 N–H and O–H groups in total. The standard InChI is InChI=1S/C23H19ClO5S2/c24-18-9-7-8-17(16-18)21-14-15-23(22(21)25,30(26,27)19-10-3-1-4-11-19)31(28,29)20-12-5-2-6-13-20/h1-14,16,22,25H,15H2. The quantitative estimate of drug-likeness (QED) is 0.600. The van der Waals surface area contributed by atoms with Crippen LogP contribution in [0.5, 0.6) is 0 Å². The van der Waals surface area contributed by atoms with Gasteiger partial charge in [0.1, 0.15) is 6.10 Å². The Kier molecular flexibility index (Phi) is 5.55. The van der Waals surface area contributed by atoms with Crippen molar-refractivity contribution in [2.45, 2.75) is 26.4 Å². The molecule has 1 unspecified atom stereocenters. The largest absolute Gasteiger partial charge is 0.386 e. The Morgan fingerprint density at radius 3 is 1.77 bits per heavy atom. The van der Waals surface area contributed by atoms with Crippen LogP contribution in [0.25, 0.3) is 5.57 Å². The van der Waals surface area contributed by atoms with Crippen LogP contribution in [0.3, 0.4) is 0 Å². The van der Waals surface area contributed by atoms with E-state index in [9.17, 15) is 21.9 Å². The van der Waals surface area contributed by atoms with Gasteiger partial charge >= 0.3 is 0 Å². The maximum atomic E-state index is 13.8. The molecular formula is C23H19ClO5S2. The first-order chi connectivity index (χ1) is 14.7. The van der Waals surface area contributed by atoms with Gasteiger partial charge in [0.2, 0.25) is 23.8 Å². The summed E-state index contributed by atoms with van der Waals surface area (Å²) in [6.45, 7) is 0. The molecule has 4 rings (SSSR count). The van der Waals surface area contributed by atoms with Gasteiger partial charge in [-0.15, -0.1) is 0 Å². The first-order valence-corrected chi connectivity index (χ1v) is 12.8. The second kappa shape index (κ2) is 7.91. The number of hydrogen-bond donors (Lipinski definition) is 1. The molecule has 5 nitrogen and oxygen atoms in total. The van der Waals surface area contributed by atoms with Gasteiger partial charge in [-0.1, -0.05) is 66.2 Å². The Balaban J connectivity index is 1.97. The molecule has 0 bridgehead atoms. The summed E-state index contributed by atoms with van der Waals surface area (Å²) in [6, 6.07) is 21.2. The minimum Gasteiger partial charge on any atom is -0.386 e. The van der Waals surface area contributed by atoms with E-state index < -0.39 is 36.3 Å². The zero-order chi connectivity index (χ0) is 22.3. The maximum absolute atomic E-state index is 13.8. The van der Waals surface area contributed by atoms with Gasteiger partial charge in [-0.25, -0.2) is 16.8 Å². The number of hydrogen-bond acceptors (Lipinski definition) is 5. The maximum Gasteiger partial charge on any atom is 0.215 e. The van der Waals surface area contributed by atoms with Crippen molar-refractivity contribution in [3.63, 3.8) is 0 Å². The molecule has 1 aliphatic carbocycles. The smallest absolute Gasteiger partial charge is 0.215 e. The fourth-order valence-corrected chi connectivity index (χ4v) is 9.11. The summed E-state index contributed by atoms with van der Waals surface area (Å²) >= 11 is 6.07. The molecule has 0 amide bonds. The van der Waals surface area contributed by atoms with Crippen LogP contribution >= 0.6 is 11.6 Å². The molecular weight excluding hydrogens is 456 g/mol. The van der Waals surface area contributed by atoms with Crippen LogP contribution < -0.4 is 0 Å². The van der Waals surface area contributed by atoms with Crippen LogP contribution in [-0.2, 0) is 19.7 Å². The lowest BCUT2D eigenvalue weighted by molar-refractivity contribution is 0.217. The topological polar surface area (TPSA) is 88.5 Å². The molecule has 31 heavy (non-hydrogen) atoms. The van der Waals surface area contributed by atoms with Crippen molar-refractivity contribution in [3.05, 3.63) is 102 Å². The van der Waals surface area contributed by atoms with Gasteiger partial charge in [-0.05, 0) is 47.5 Å². The third kappa shape index (κ3) is 3.32. The second-order valence-electron chi connectivity index (χ2n) is 7.22. The normalized spacial score (nSPS) is 18.5. The molecule has 1 aliphatic rings. The number of benzene rings is 3. The van der Waals surface area contributed by atoms with E-state index in [0.717, 1.165) is 0 Å². The molecule has 0 aromatic heterocycles. The average molecular weight is 475 g/mol. The lowest BCUT2D eigenvalue weighted by Gasteiger charge is -2.33. The lowest BCUT2D eigenvalue weighted by Crippen LogP contribution is -2.53. The molecule has 3 aromatic rings. The molecule has 8 heteroatoms. The van der Waals surface area contributed by atoms with Gasteiger partial charge in [0.25, 0.3) is 0 Å². The van der Waals surface area contributed by atoms with Crippen LogP contribution in [0.15, 0.2) is 101 Å². The molecule has 160 valence electrons. The second-order valence-corrected chi connectivity index (χ2v) is 12.3. The van der Waals surface area contributed by atoms with Crippen molar-refractivity contribution in [2.24, 2.45) is 0 Å². The molecule has 0 fully saturated rings. The van der Waals surface area contributed by atoms with Gasteiger partial charge < -0.3 is 5.11 Å². The third-order valence-electron chi connectivity index (χ3n) is 5.49. The van der Waals surface area contributed by atoms with Crippen LogP contribution in [0.1, 0.15) is 12.0 Å².